The van der Waals surface area contributed by atoms with Crippen LogP contribution in [0.4, 0.5) is 0 Å². The standard InChI is InChI=1S/C13H24ClN3O/c1-5-11-13(14)12(17(6-2)16-11)7-10(18)8-15-9(3)4/h9-10,15,18H,5-8H2,1-4H3. The molecule has 1 heterocycles. The first-order chi connectivity index (χ1) is 8.49. The van der Waals surface area contributed by atoms with Crippen LogP contribution in [0.15, 0.2) is 0 Å². The average Bonchev–Trinajstić information content (AvgIpc) is 2.63. The molecule has 4 nitrogen and oxygen atoms in total. The number of aryl methyl sites for hydroxylation is 2. The van der Waals surface area contributed by atoms with E-state index in [9.17, 15) is 5.11 Å². The minimum absolute atomic E-state index is 0.373. The molecule has 2 N–H and O–H groups in total. The van der Waals surface area contributed by atoms with E-state index >= 15 is 0 Å². The molecule has 1 aromatic rings. The normalized spacial score (nSPS) is 13.3. The molecule has 0 saturated carbocycles. The van der Waals surface area contributed by atoms with E-state index in [1.807, 2.05) is 18.5 Å². The molecule has 0 amide bonds. The first-order valence-electron chi connectivity index (χ1n) is 6.65. The van der Waals surface area contributed by atoms with Crippen molar-refractivity contribution in [3.8, 4) is 0 Å². The van der Waals surface area contributed by atoms with Crippen LogP contribution in [0.25, 0.3) is 0 Å². The molecule has 1 rings (SSSR count). The summed E-state index contributed by atoms with van der Waals surface area (Å²) in [6.07, 6.45) is 0.926. The second kappa shape index (κ2) is 7.12. The van der Waals surface area contributed by atoms with E-state index in [0.717, 1.165) is 24.4 Å². The largest absolute Gasteiger partial charge is 0.391 e. The Morgan fingerprint density at radius 3 is 2.56 bits per heavy atom. The summed E-state index contributed by atoms with van der Waals surface area (Å²) in [5.41, 5.74) is 1.85. The van der Waals surface area contributed by atoms with Crippen molar-refractivity contribution in [2.75, 3.05) is 6.54 Å². The molecule has 0 fully saturated rings. The lowest BCUT2D eigenvalue weighted by atomic mass is 10.1. The number of hydrogen-bond acceptors (Lipinski definition) is 3. The second-order valence-electron chi connectivity index (χ2n) is 4.80. The molecule has 0 aromatic carbocycles. The highest BCUT2D eigenvalue weighted by Crippen LogP contribution is 2.22. The highest BCUT2D eigenvalue weighted by molar-refractivity contribution is 6.31. The predicted octanol–water partition coefficient (Wildman–Crippen LogP) is 2.02. The number of halogens is 1. The summed E-state index contributed by atoms with van der Waals surface area (Å²) in [5.74, 6) is 0. The third-order valence-corrected chi connectivity index (χ3v) is 3.32. The van der Waals surface area contributed by atoms with Gasteiger partial charge in [0, 0.05) is 25.6 Å². The third kappa shape index (κ3) is 3.97. The molecule has 1 aromatic heterocycles. The summed E-state index contributed by atoms with van der Waals surface area (Å²) in [6.45, 7) is 9.54. The monoisotopic (exact) mass is 273 g/mol. The molecule has 0 radical (unpaired) electrons. The van der Waals surface area contributed by atoms with Gasteiger partial charge in [-0.2, -0.15) is 5.10 Å². The van der Waals surface area contributed by atoms with Crippen molar-refractivity contribution in [2.45, 2.75) is 59.2 Å². The van der Waals surface area contributed by atoms with Crippen molar-refractivity contribution in [3.05, 3.63) is 16.4 Å². The van der Waals surface area contributed by atoms with Crippen molar-refractivity contribution >= 4 is 11.6 Å². The van der Waals surface area contributed by atoms with Gasteiger partial charge >= 0.3 is 0 Å². The van der Waals surface area contributed by atoms with Crippen LogP contribution < -0.4 is 5.32 Å². The maximum absolute atomic E-state index is 10.0. The zero-order chi connectivity index (χ0) is 13.7. The smallest absolute Gasteiger partial charge is 0.0850 e. The molecule has 104 valence electrons. The van der Waals surface area contributed by atoms with Gasteiger partial charge in [0.2, 0.25) is 0 Å². The van der Waals surface area contributed by atoms with Crippen LogP contribution in [-0.4, -0.2) is 33.6 Å². The number of hydrogen-bond donors (Lipinski definition) is 2. The highest BCUT2D eigenvalue weighted by atomic mass is 35.5. The van der Waals surface area contributed by atoms with E-state index in [-0.39, 0.29) is 0 Å². The predicted molar refractivity (Wildman–Crippen MR) is 75.1 cm³/mol. The van der Waals surface area contributed by atoms with Crippen molar-refractivity contribution < 1.29 is 5.11 Å². The van der Waals surface area contributed by atoms with Crippen LogP contribution in [0, 0.1) is 0 Å². The van der Waals surface area contributed by atoms with E-state index < -0.39 is 6.10 Å². The Kier molecular flexibility index (Phi) is 6.12. The van der Waals surface area contributed by atoms with Gasteiger partial charge in [-0.3, -0.25) is 4.68 Å². The fourth-order valence-electron chi connectivity index (χ4n) is 1.88. The van der Waals surface area contributed by atoms with Gasteiger partial charge in [0.25, 0.3) is 0 Å². The maximum atomic E-state index is 10.0. The van der Waals surface area contributed by atoms with Crippen molar-refractivity contribution in [2.24, 2.45) is 0 Å². The molecule has 1 atom stereocenters. The van der Waals surface area contributed by atoms with Crippen molar-refractivity contribution in [1.29, 1.82) is 0 Å². The van der Waals surface area contributed by atoms with Gasteiger partial charge in [-0.25, -0.2) is 0 Å². The number of nitrogens with one attached hydrogen (secondary N) is 1. The van der Waals surface area contributed by atoms with Crippen LogP contribution in [-0.2, 0) is 19.4 Å². The fraction of sp³-hybridized carbons (Fsp3) is 0.769. The SMILES string of the molecule is CCc1nn(CC)c(CC(O)CNC(C)C)c1Cl. The Bertz CT molecular complexity index is 377. The molecule has 5 heteroatoms. The van der Waals surface area contributed by atoms with E-state index in [4.69, 9.17) is 11.6 Å². The maximum Gasteiger partial charge on any atom is 0.0850 e. The summed E-state index contributed by atoms with van der Waals surface area (Å²) in [6, 6.07) is 0.373. The topological polar surface area (TPSA) is 50.1 Å². The molecule has 1 unspecified atom stereocenters. The summed E-state index contributed by atoms with van der Waals surface area (Å²) in [7, 11) is 0. The van der Waals surface area contributed by atoms with Crippen LogP contribution >= 0.6 is 11.6 Å². The molecule has 0 bridgehead atoms. The van der Waals surface area contributed by atoms with Crippen LogP contribution in [0.3, 0.4) is 0 Å². The molecule has 18 heavy (non-hydrogen) atoms. The summed E-state index contributed by atoms with van der Waals surface area (Å²) in [5, 5.41) is 18.4. The Hall–Kier alpha value is -0.580. The number of aromatic nitrogens is 2. The fourth-order valence-corrected chi connectivity index (χ4v) is 2.23. The van der Waals surface area contributed by atoms with E-state index in [2.05, 4.69) is 24.3 Å². The number of aliphatic hydroxyl groups excluding tert-OH is 1. The molecule has 0 spiro atoms. The van der Waals surface area contributed by atoms with Crippen LogP contribution in [0.5, 0.6) is 0 Å². The van der Waals surface area contributed by atoms with E-state index in [1.54, 1.807) is 0 Å². The van der Waals surface area contributed by atoms with Gasteiger partial charge in [0.1, 0.15) is 0 Å². The summed E-state index contributed by atoms with van der Waals surface area (Å²) >= 11 is 6.30. The van der Waals surface area contributed by atoms with Crippen LogP contribution in [0.1, 0.15) is 39.1 Å². The van der Waals surface area contributed by atoms with Crippen molar-refractivity contribution in [1.82, 2.24) is 15.1 Å². The first kappa shape index (κ1) is 15.5. The molecule has 0 aliphatic rings. The Morgan fingerprint density at radius 2 is 2.06 bits per heavy atom. The zero-order valence-corrected chi connectivity index (χ0v) is 12.5. The molecular formula is C13H24ClN3O. The lowest BCUT2D eigenvalue weighted by Crippen LogP contribution is -2.33. The molecular weight excluding hydrogens is 250 g/mol. The van der Waals surface area contributed by atoms with Gasteiger partial charge in [-0.05, 0) is 13.3 Å². The van der Waals surface area contributed by atoms with E-state index in [1.165, 1.54) is 0 Å². The molecule has 0 saturated heterocycles. The zero-order valence-electron chi connectivity index (χ0n) is 11.7. The summed E-state index contributed by atoms with van der Waals surface area (Å²) < 4.78 is 1.89. The van der Waals surface area contributed by atoms with Gasteiger partial charge in [0.15, 0.2) is 0 Å². The average molecular weight is 274 g/mol. The van der Waals surface area contributed by atoms with Crippen LogP contribution in [0.2, 0.25) is 5.02 Å². The Labute approximate surface area is 114 Å². The van der Waals surface area contributed by atoms with Gasteiger partial charge in [0.05, 0.1) is 22.5 Å². The van der Waals surface area contributed by atoms with Gasteiger partial charge in [-0.15, -0.1) is 0 Å². The van der Waals surface area contributed by atoms with E-state index in [0.29, 0.717) is 24.0 Å². The molecule has 0 aliphatic heterocycles. The van der Waals surface area contributed by atoms with Gasteiger partial charge in [-0.1, -0.05) is 32.4 Å². The number of nitrogens with zero attached hydrogens (tertiary/aromatic N) is 2. The quantitative estimate of drug-likeness (QED) is 0.799. The molecule has 0 aliphatic carbocycles. The van der Waals surface area contributed by atoms with Crippen molar-refractivity contribution in [3.63, 3.8) is 0 Å². The lowest BCUT2D eigenvalue weighted by Gasteiger charge is -2.14. The number of rotatable bonds is 7. The second-order valence-corrected chi connectivity index (χ2v) is 5.18. The van der Waals surface area contributed by atoms with Gasteiger partial charge < -0.3 is 10.4 Å². The minimum atomic E-state index is -0.434. The Balaban J connectivity index is 2.73. The minimum Gasteiger partial charge on any atom is -0.391 e. The summed E-state index contributed by atoms with van der Waals surface area (Å²) in [4.78, 5) is 0. The number of aliphatic hydroxyl groups is 1. The first-order valence-corrected chi connectivity index (χ1v) is 7.02. The third-order valence-electron chi connectivity index (χ3n) is 2.88. The highest BCUT2D eigenvalue weighted by Gasteiger charge is 2.17. The lowest BCUT2D eigenvalue weighted by molar-refractivity contribution is 0.166. The Morgan fingerprint density at radius 1 is 1.39 bits per heavy atom.